The summed E-state index contributed by atoms with van der Waals surface area (Å²) < 4.78 is 10.4. The van der Waals surface area contributed by atoms with Gasteiger partial charge < -0.3 is 8.99 Å². The summed E-state index contributed by atoms with van der Waals surface area (Å²) in [5.74, 6) is 0. The molecule has 0 saturated carbocycles. The van der Waals surface area contributed by atoms with E-state index in [4.69, 9.17) is 9.52 Å². The normalized spacial score (nSPS) is 12.3. The molecule has 0 aliphatic heterocycles. The molecule has 0 amide bonds. The largest absolute Gasteiger partial charge is 0.415 e. The highest BCUT2D eigenvalue weighted by molar-refractivity contribution is 6.74. The molecule has 7 heteroatoms. The summed E-state index contributed by atoms with van der Waals surface area (Å²) in [6.07, 6.45) is 3.76. The molecule has 0 aliphatic carbocycles. The molecule has 6 aromatic rings. The minimum Gasteiger partial charge on any atom is -0.415 e. The highest BCUT2D eigenvalue weighted by Gasteiger charge is 2.37. The van der Waals surface area contributed by atoms with Crippen molar-refractivity contribution in [3.8, 4) is 33.5 Å². The van der Waals surface area contributed by atoms with Crippen molar-refractivity contribution in [1.29, 1.82) is 0 Å². The molecule has 3 aromatic carbocycles. The Balaban J connectivity index is 1.60. The molecule has 3 heterocycles. The van der Waals surface area contributed by atoms with Crippen molar-refractivity contribution < 1.29 is 4.43 Å². The molecule has 0 unspecified atom stereocenters. The van der Waals surface area contributed by atoms with Gasteiger partial charge in [-0.2, -0.15) is 9.61 Å². The molecule has 6 rings (SSSR count). The van der Waals surface area contributed by atoms with Gasteiger partial charge in [0.1, 0.15) is 11.3 Å². The van der Waals surface area contributed by atoms with E-state index < -0.39 is 8.32 Å². The van der Waals surface area contributed by atoms with Crippen LogP contribution in [0.2, 0.25) is 18.1 Å². The minimum atomic E-state index is -1.97. The highest BCUT2D eigenvalue weighted by atomic mass is 28.4. The Labute approximate surface area is 247 Å². The Morgan fingerprint density at radius 2 is 1.52 bits per heavy atom. The van der Waals surface area contributed by atoms with E-state index in [0.29, 0.717) is 18.7 Å². The molecular weight excluding hydrogens is 536 g/mol. The van der Waals surface area contributed by atoms with Crippen LogP contribution >= 0.6 is 0 Å². The first-order valence-electron chi connectivity index (χ1n) is 14.4. The van der Waals surface area contributed by atoms with Crippen LogP contribution < -0.4 is 5.56 Å². The van der Waals surface area contributed by atoms with Crippen molar-refractivity contribution in [1.82, 2.24) is 19.2 Å². The predicted molar refractivity (Wildman–Crippen MR) is 174 cm³/mol. The third-order valence-electron chi connectivity index (χ3n) is 8.47. The Kier molecular flexibility index (Phi) is 7.16. The number of rotatable bonds is 7. The summed E-state index contributed by atoms with van der Waals surface area (Å²) in [6.45, 7) is 12.4. The molecule has 0 N–H and O–H groups in total. The number of hydrogen-bond donors (Lipinski definition) is 0. The zero-order valence-electron chi connectivity index (χ0n) is 24.8. The lowest BCUT2D eigenvalue weighted by Crippen LogP contribution is -2.41. The minimum absolute atomic E-state index is 0.0996. The Morgan fingerprint density at radius 1 is 0.833 bits per heavy atom. The van der Waals surface area contributed by atoms with E-state index in [-0.39, 0.29) is 10.6 Å². The van der Waals surface area contributed by atoms with Crippen LogP contribution in [0.4, 0.5) is 0 Å². The molecule has 0 radical (unpaired) electrons. The van der Waals surface area contributed by atoms with Crippen LogP contribution in [0.5, 0.6) is 0 Å². The fourth-order valence-corrected chi connectivity index (χ4v) is 6.13. The topological polar surface area (TPSA) is 61.4 Å². The van der Waals surface area contributed by atoms with Gasteiger partial charge in [0.25, 0.3) is 5.56 Å². The summed E-state index contributed by atoms with van der Waals surface area (Å²) in [6, 6.07) is 30.2. The first-order chi connectivity index (χ1) is 20.1. The van der Waals surface area contributed by atoms with E-state index in [0.717, 1.165) is 44.5 Å². The molecule has 0 atom stereocenters. The van der Waals surface area contributed by atoms with E-state index in [1.807, 2.05) is 85.1 Å². The fraction of sp³-hybridized carbons (Fsp3) is 0.229. The van der Waals surface area contributed by atoms with E-state index in [1.54, 1.807) is 10.7 Å². The van der Waals surface area contributed by atoms with Gasteiger partial charge in [-0.3, -0.25) is 9.78 Å². The van der Waals surface area contributed by atoms with Gasteiger partial charge in [-0.05, 0) is 47.5 Å². The second-order valence-electron chi connectivity index (χ2n) is 12.3. The number of fused-ring (bicyclic) bond motifs is 2. The average molecular weight is 573 g/mol. The molecule has 0 spiro atoms. The zero-order chi connectivity index (χ0) is 29.5. The van der Waals surface area contributed by atoms with Gasteiger partial charge in [-0.15, -0.1) is 0 Å². The van der Waals surface area contributed by atoms with Crippen LogP contribution in [0.1, 0.15) is 20.8 Å². The van der Waals surface area contributed by atoms with Crippen LogP contribution in [0.15, 0.2) is 108 Å². The highest BCUT2D eigenvalue weighted by Crippen LogP contribution is 2.37. The van der Waals surface area contributed by atoms with Crippen molar-refractivity contribution in [2.24, 2.45) is 0 Å². The maximum absolute atomic E-state index is 14.3. The van der Waals surface area contributed by atoms with Gasteiger partial charge >= 0.3 is 0 Å². The number of hydrogen-bond acceptors (Lipinski definition) is 4. The zero-order valence-corrected chi connectivity index (χ0v) is 25.8. The Bertz CT molecular complexity index is 1940. The summed E-state index contributed by atoms with van der Waals surface area (Å²) in [5.41, 5.74) is 6.59. The SMILES string of the molecule is CC(C)(C)[Si](C)(C)OCCn1cc(-c2ccc3ncccc3c2)c(=O)n2nc(-c3ccccc3)c(-c3ccccc3)c12. The van der Waals surface area contributed by atoms with Crippen LogP contribution in [0.25, 0.3) is 50.1 Å². The second kappa shape index (κ2) is 10.8. The molecule has 0 saturated heterocycles. The molecule has 42 heavy (non-hydrogen) atoms. The first kappa shape index (κ1) is 27.8. The van der Waals surface area contributed by atoms with Crippen molar-refractivity contribution in [2.45, 2.75) is 45.4 Å². The van der Waals surface area contributed by atoms with Gasteiger partial charge in [0, 0.05) is 29.9 Å². The summed E-state index contributed by atoms with van der Waals surface area (Å²) in [5, 5.41) is 6.09. The third-order valence-corrected chi connectivity index (χ3v) is 13.0. The van der Waals surface area contributed by atoms with E-state index in [1.165, 1.54) is 0 Å². The number of pyridine rings is 1. The lowest BCUT2D eigenvalue weighted by molar-refractivity contribution is 0.272. The lowest BCUT2D eigenvalue weighted by atomic mass is 10.0. The van der Waals surface area contributed by atoms with Crippen LogP contribution in [0, 0.1) is 0 Å². The summed E-state index contributed by atoms with van der Waals surface area (Å²) in [7, 11) is -1.97. The van der Waals surface area contributed by atoms with Gasteiger partial charge in [-0.25, -0.2) is 0 Å². The van der Waals surface area contributed by atoms with Gasteiger partial charge in [0.15, 0.2) is 8.32 Å². The van der Waals surface area contributed by atoms with E-state index in [9.17, 15) is 4.79 Å². The van der Waals surface area contributed by atoms with E-state index >= 15 is 0 Å². The molecule has 6 nitrogen and oxygen atoms in total. The van der Waals surface area contributed by atoms with Crippen LogP contribution in [0.3, 0.4) is 0 Å². The van der Waals surface area contributed by atoms with Gasteiger partial charge in [0.2, 0.25) is 0 Å². The van der Waals surface area contributed by atoms with E-state index in [2.05, 4.69) is 55.5 Å². The van der Waals surface area contributed by atoms with Crippen molar-refractivity contribution >= 4 is 24.9 Å². The molecule has 3 aromatic heterocycles. The number of nitrogens with zero attached hydrogens (tertiary/aromatic N) is 4. The smallest absolute Gasteiger partial charge is 0.282 e. The first-order valence-corrected chi connectivity index (χ1v) is 17.3. The molecular formula is C35H36N4O2Si. The summed E-state index contributed by atoms with van der Waals surface area (Å²) in [4.78, 5) is 18.7. The Morgan fingerprint density at radius 3 is 2.21 bits per heavy atom. The van der Waals surface area contributed by atoms with Crippen molar-refractivity contribution in [2.75, 3.05) is 6.61 Å². The third kappa shape index (κ3) is 5.10. The lowest BCUT2D eigenvalue weighted by Gasteiger charge is -2.36. The monoisotopic (exact) mass is 572 g/mol. The maximum Gasteiger partial charge on any atom is 0.282 e. The quantitative estimate of drug-likeness (QED) is 0.182. The molecule has 0 fully saturated rings. The van der Waals surface area contributed by atoms with Crippen molar-refractivity contribution in [3.63, 3.8) is 0 Å². The summed E-state index contributed by atoms with van der Waals surface area (Å²) >= 11 is 0. The second-order valence-corrected chi connectivity index (χ2v) is 17.1. The van der Waals surface area contributed by atoms with Gasteiger partial charge in [0.05, 0.1) is 23.3 Å². The Hall–Kier alpha value is -4.33. The van der Waals surface area contributed by atoms with Gasteiger partial charge in [-0.1, -0.05) is 93.6 Å². The average Bonchev–Trinajstić information content (AvgIpc) is 3.40. The van der Waals surface area contributed by atoms with Crippen molar-refractivity contribution in [3.05, 3.63) is 114 Å². The molecule has 0 bridgehead atoms. The van der Waals surface area contributed by atoms with Crippen LogP contribution in [-0.4, -0.2) is 34.1 Å². The number of aromatic nitrogens is 4. The van der Waals surface area contributed by atoms with Crippen LogP contribution in [-0.2, 0) is 11.0 Å². The molecule has 212 valence electrons. The predicted octanol–water partition coefficient (Wildman–Crippen LogP) is 8.07. The number of benzene rings is 3. The standard InChI is InChI=1S/C35H36N4O2Si/c1-35(2,3)42(4,5)41-22-21-38-24-29(27-18-19-30-28(23-27)17-12-20-36-30)34(40)39-33(38)31(25-13-8-6-9-14-25)32(37-39)26-15-10-7-11-16-26/h6-20,23-24H,21-22H2,1-5H3. The maximum atomic E-state index is 14.3. The molecule has 0 aliphatic rings. The fourth-order valence-electron chi connectivity index (χ4n) is 5.10.